The fraction of sp³-hybridized carbons (Fsp3) is 0.478. The Labute approximate surface area is 175 Å². The standard InChI is InChI=1S/C23H26N4O3/c28-21-17-14-26(22(29)16-9-10-16)13-11-18(17)24-20(25-21)19-8-4-5-12-27(19)23(30)15-6-2-1-3-7-15/h1-3,6-7,16,19H,4-5,8-14H2,(H,24,25,28). The molecule has 5 rings (SSSR count). The molecule has 0 bridgehead atoms. The Hall–Kier alpha value is -2.96. The average molecular weight is 406 g/mol. The number of H-pyrrole nitrogens is 1. The van der Waals surface area contributed by atoms with Crippen LogP contribution in [-0.4, -0.2) is 44.7 Å². The molecule has 0 spiro atoms. The zero-order valence-corrected chi connectivity index (χ0v) is 17.0. The lowest BCUT2D eigenvalue weighted by Gasteiger charge is -2.36. The molecule has 1 unspecified atom stereocenters. The largest absolute Gasteiger partial charge is 0.337 e. The molecule has 2 fully saturated rings. The van der Waals surface area contributed by atoms with E-state index in [0.717, 1.165) is 37.8 Å². The fourth-order valence-electron chi connectivity index (χ4n) is 4.58. The first-order valence-corrected chi connectivity index (χ1v) is 10.9. The molecule has 30 heavy (non-hydrogen) atoms. The highest BCUT2D eigenvalue weighted by Gasteiger charge is 2.36. The van der Waals surface area contributed by atoms with Gasteiger partial charge in [0.25, 0.3) is 11.5 Å². The third kappa shape index (κ3) is 3.53. The number of benzene rings is 1. The second-order valence-electron chi connectivity index (χ2n) is 8.54. The third-order valence-corrected chi connectivity index (χ3v) is 6.43. The average Bonchev–Trinajstić information content (AvgIpc) is 3.64. The molecule has 0 radical (unpaired) electrons. The maximum atomic E-state index is 13.1. The summed E-state index contributed by atoms with van der Waals surface area (Å²) in [6, 6.07) is 9.03. The van der Waals surface area contributed by atoms with E-state index in [0.29, 0.717) is 43.0 Å². The number of carbonyl (C=O) groups is 2. The zero-order chi connectivity index (χ0) is 20.7. The highest BCUT2D eigenvalue weighted by Crippen LogP contribution is 2.33. The second-order valence-corrected chi connectivity index (χ2v) is 8.54. The number of piperidine rings is 1. The lowest BCUT2D eigenvalue weighted by atomic mass is 9.99. The van der Waals surface area contributed by atoms with Crippen molar-refractivity contribution in [1.82, 2.24) is 19.8 Å². The molecule has 2 aromatic rings. The van der Waals surface area contributed by atoms with Gasteiger partial charge in [-0.3, -0.25) is 14.4 Å². The Morgan fingerprint density at radius 3 is 2.60 bits per heavy atom. The van der Waals surface area contributed by atoms with Crippen LogP contribution in [-0.2, 0) is 17.8 Å². The highest BCUT2D eigenvalue weighted by atomic mass is 16.2. The van der Waals surface area contributed by atoms with Gasteiger partial charge in [-0.25, -0.2) is 4.98 Å². The van der Waals surface area contributed by atoms with Gasteiger partial charge >= 0.3 is 0 Å². The van der Waals surface area contributed by atoms with E-state index in [-0.39, 0.29) is 29.3 Å². The minimum Gasteiger partial charge on any atom is -0.337 e. The van der Waals surface area contributed by atoms with Gasteiger partial charge in [-0.05, 0) is 44.2 Å². The van der Waals surface area contributed by atoms with E-state index in [1.807, 2.05) is 35.2 Å². The summed E-state index contributed by atoms with van der Waals surface area (Å²) in [7, 11) is 0. The zero-order valence-electron chi connectivity index (χ0n) is 17.0. The van der Waals surface area contributed by atoms with Crippen LogP contribution >= 0.6 is 0 Å². The van der Waals surface area contributed by atoms with E-state index >= 15 is 0 Å². The number of aromatic amines is 1. The normalized spacial score (nSPS) is 21.3. The summed E-state index contributed by atoms with van der Waals surface area (Å²) >= 11 is 0. The lowest BCUT2D eigenvalue weighted by molar-refractivity contribution is -0.133. The number of amides is 2. The van der Waals surface area contributed by atoms with E-state index in [4.69, 9.17) is 4.98 Å². The topological polar surface area (TPSA) is 86.4 Å². The summed E-state index contributed by atoms with van der Waals surface area (Å²) in [6.45, 7) is 1.60. The Morgan fingerprint density at radius 1 is 1.03 bits per heavy atom. The number of hydrogen-bond acceptors (Lipinski definition) is 4. The van der Waals surface area contributed by atoms with Crippen molar-refractivity contribution in [3.63, 3.8) is 0 Å². The van der Waals surface area contributed by atoms with Crippen LogP contribution in [0.5, 0.6) is 0 Å². The van der Waals surface area contributed by atoms with Crippen molar-refractivity contribution >= 4 is 11.8 Å². The van der Waals surface area contributed by atoms with Gasteiger partial charge in [0.1, 0.15) is 5.82 Å². The van der Waals surface area contributed by atoms with Gasteiger partial charge in [0.05, 0.1) is 23.8 Å². The first-order chi connectivity index (χ1) is 14.6. The quantitative estimate of drug-likeness (QED) is 0.848. The molecule has 3 heterocycles. The van der Waals surface area contributed by atoms with Gasteiger partial charge < -0.3 is 14.8 Å². The highest BCUT2D eigenvalue weighted by molar-refractivity contribution is 5.94. The number of nitrogens with zero attached hydrogens (tertiary/aromatic N) is 3. The molecule has 1 aliphatic carbocycles. The third-order valence-electron chi connectivity index (χ3n) is 6.43. The number of hydrogen-bond donors (Lipinski definition) is 1. The van der Waals surface area contributed by atoms with Gasteiger partial charge in [0.2, 0.25) is 5.91 Å². The maximum Gasteiger partial charge on any atom is 0.256 e. The molecule has 1 aromatic carbocycles. The Morgan fingerprint density at radius 2 is 1.83 bits per heavy atom. The van der Waals surface area contributed by atoms with Gasteiger partial charge in [0, 0.05) is 31.0 Å². The van der Waals surface area contributed by atoms with Crippen molar-refractivity contribution in [2.45, 2.75) is 51.1 Å². The molecule has 7 heteroatoms. The first-order valence-electron chi connectivity index (χ1n) is 10.9. The van der Waals surface area contributed by atoms with E-state index < -0.39 is 0 Å². The van der Waals surface area contributed by atoms with Crippen LogP contribution in [0.25, 0.3) is 0 Å². The molecule has 156 valence electrons. The monoisotopic (exact) mass is 406 g/mol. The van der Waals surface area contributed by atoms with Crippen LogP contribution in [0.4, 0.5) is 0 Å². The summed E-state index contributed by atoms with van der Waals surface area (Å²) in [5, 5.41) is 0. The number of nitrogens with one attached hydrogen (secondary N) is 1. The minimum atomic E-state index is -0.226. The molecular weight excluding hydrogens is 380 g/mol. The first kappa shape index (κ1) is 19.0. The van der Waals surface area contributed by atoms with Crippen molar-refractivity contribution in [3.8, 4) is 0 Å². The molecule has 3 aliphatic rings. The predicted molar refractivity (Wildman–Crippen MR) is 111 cm³/mol. The van der Waals surface area contributed by atoms with Gasteiger partial charge in [-0.15, -0.1) is 0 Å². The van der Waals surface area contributed by atoms with Crippen LogP contribution in [0, 0.1) is 5.92 Å². The van der Waals surface area contributed by atoms with Crippen molar-refractivity contribution in [1.29, 1.82) is 0 Å². The summed E-state index contributed by atoms with van der Waals surface area (Å²) in [5.41, 5.74) is 1.84. The summed E-state index contributed by atoms with van der Waals surface area (Å²) in [5.74, 6) is 0.861. The SMILES string of the molecule is O=C(C1CC1)N1CCc2nc(C3CCCCN3C(=O)c3ccccc3)[nH]c(=O)c2C1. The van der Waals surface area contributed by atoms with E-state index in [2.05, 4.69) is 4.98 Å². The summed E-state index contributed by atoms with van der Waals surface area (Å²) in [6.07, 6.45) is 5.23. The molecule has 7 nitrogen and oxygen atoms in total. The predicted octanol–water partition coefficient (Wildman–Crippen LogP) is 2.43. The van der Waals surface area contributed by atoms with Gasteiger partial charge in [-0.1, -0.05) is 18.2 Å². The van der Waals surface area contributed by atoms with Crippen molar-refractivity contribution < 1.29 is 9.59 Å². The Kier molecular flexibility index (Phi) is 4.89. The number of likely N-dealkylation sites (tertiary alicyclic amines) is 1. The minimum absolute atomic E-state index is 0.0260. The van der Waals surface area contributed by atoms with Crippen LogP contribution in [0.2, 0.25) is 0 Å². The van der Waals surface area contributed by atoms with Crippen LogP contribution in [0.15, 0.2) is 35.1 Å². The Balaban J connectivity index is 1.42. The van der Waals surface area contributed by atoms with Crippen molar-refractivity contribution in [3.05, 3.63) is 63.3 Å². The molecular formula is C23H26N4O3. The molecule has 1 aromatic heterocycles. The second kappa shape index (κ2) is 7.70. The van der Waals surface area contributed by atoms with Gasteiger partial charge in [-0.2, -0.15) is 0 Å². The lowest BCUT2D eigenvalue weighted by Crippen LogP contribution is -2.43. The number of carbonyl (C=O) groups excluding carboxylic acids is 2. The maximum absolute atomic E-state index is 13.1. The van der Waals surface area contributed by atoms with Crippen LogP contribution in [0.3, 0.4) is 0 Å². The molecule has 1 saturated heterocycles. The summed E-state index contributed by atoms with van der Waals surface area (Å²) in [4.78, 5) is 49.8. The van der Waals surface area contributed by atoms with E-state index in [9.17, 15) is 14.4 Å². The summed E-state index contributed by atoms with van der Waals surface area (Å²) < 4.78 is 0. The van der Waals surface area contributed by atoms with Crippen molar-refractivity contribution in [2.24, 2.45) is 5.92 Å². The van der Waals surface area contributed by atoms with Crippen molar-refractivity contribution in [2.75, 3.05) is 13.1 Å². The number of aromatic nitrogens is 2. The Bertz CT molecular complexity index is 1030. The van der Waals surface area contributed by atoms with E-state index in [1.165, 1.54) is 0 Å². The number of rotatable bonds is 3. The van der Waals surface area contributed by atoms with Crippen LogP contribution in [0.1, 0.15) is 65.6 Å². The molecule has 1 saturated carbocycles. The number of fused-ring (bicyclic) bond motifs is 1. The fourth-order valence-corrected chi connectivity index (χ4v) is 4.58. The molecule has 1 atom stereocenters. The molecule has 1 N–H and O–H groups in total. The van der Waals surface area contributed by atoms with Gasteiger partial charge in [0.15, 0.2) is 0 Å². The molecule has 2 amide bonds. The molecule has 2 aliphatic heterocycles. The van der Waals surface area contributed by atoms with Crippen LogP contribution < -0.4 is 5.56 Å². The van der Waals surface area contributed by atoms with E-state index in [1.54, 1.807) is 4.90 Å². The smallest absolute Gasteiger partial charge is 0.256 e.